The van der Waals surface area contributed by atoms with Gasteiger partial charge in [-0.3, -0.25) is 9.48 Å². The average molecular weight is 237 g/mol. The standard InChI is InChI=1S/C12H19N3O2/c16-12(4-7-15-6-2-5-14-15)13-9-11-3-1-8-17-10-11/h2,5-6,11H,1,3-4,7-10H2,(H,13,16)/t11-/m0/s1. The summed E-state index contributed by atoms with van der Waals surface area (Å²) >= 11 is 0. The largest absolute Gasteiger partial charge is 0.381 e. The number of carbonyl (C=O) groups excluding carboxylic acids is 1. The molecule has 0 bridgehead atoms. The van der Waals surface area contributed by atoms with E-state index in [9.17, 15) is 4.79 Å². The molecule has 2 rings (SSSR count). The van der Waals surface area contributed by atoms with Crippen LogP contribution in [-0.4, -0.2) is 35.4 Å². The molecule has 1 saturated heterocycles. The molecule has 0 saturated carbocycles. The fraction of sp³-hybridized carbons (Fsp3) is 0.667. The summed E-state index contributed by atoms with van der Waals surface area (Å²) in [6.45, 7) is 3.02. The maximum absolute atomic E-state index is 11.6. The van der Waals surface area contributed by atoms with E-state index in [2.05, 4.69) is 10.4 Å². The van der Waals surface area contributed by atoms with Gasteiger partial charge in [0.05, 0.1) is 6.61 Å². The molecule has 1 aromatic heterocycles. The Bertz CT molecular complexity index is 332. The highest BCUT2D eigenvalue weighted by molar-refractivity contribution is 5.75. The Kier molecular flexibility index (Phi) is 4.55. The molecule has 94 valence electrons. The van der Waals surface area contributed by atoms with Crippen molar-refractivity contribution < 1.29 is 9.53 Å². The fourth-order valence-corrected chi connectivity index (χ4v) is 1.96. The molecule has 5 nitrogen and oxygen atoms in total. The van der Waals surface area contributed by atoms with E-state index in [1.54, 1.807) is 10.9 Å². The highest BCUT2D eigenvalue weighted by Crippen LogP contribution is 2.12. The lowest BCUT2D eigenvalue weighted by Gasteiger charge is -2.22. The summed E-state index contributed by atoms with van der Waals surface area (Å²) in [5.74, 6) is 0.573. The van der Waals surface area contributed by atoms with Crippen molar-refractivity contribution in [3.05, 3.63) is 18.5 Å². The maximum Gasteiger partial charge on any atom is 0.221 e. The molecule has 0 aliphatic carbocycles. The molecule has 1 fully saturated rings. The first-order valence-electron chi connectivity index (χ1n) is 6.16. The van der Waals surface area contributed by atoms with E-state index < -0.39 is 0 Å². The van der Waals surface area contributed by atoms with Gasteiger partial charge in [-0.25, -0.2) is 0 Å². The fourth-order valence-electron chi connectivity index (χ4n) is 1.96. The van der Waals surface area contributed by atoms with Crippen molar-refractivity contribution in [1.82, 2.24) is 15.1 Å². The lowest BCUT2D eigenvalue weighted by atomic mass is 10.0. The topological polar surface area (TPSA) is 56.2 Å². The zero-order chi connectivity index (χ0) is 11.9. The molecule has 2 heterocycles. The number of hydrogen-bond donors (Lipinski definition) is 1. The molecule has 0 radical (unpaired) electrons. The van der Waals surface area contributed by atoms with Crippen LogP contribution in [-0.2, 0) is 16.1 Å². The van der Waals surface area contributed by atoms with Crippen LogP contribution >= 0.6 is 0 Å². The summed E-state index contributed by atoms with van der Waals surface area (Å²) in [5, 5.41) is 7.01. The second kappa shape index (κ2) is 6.39. The minimum absolute atomic E-state index is 0.0890. The van der Waals surface area contributed by atoms with E-state index in [0.29, 0.717) is 18.9 Å². The van der Waals surface area contributed by atoms with Gasteiger partial charge in [0.25, 0.3) is 0 Å². The molecule has 1 aromatic rings. The number of rotatable bonds is 5. The number of amides is 1. The molecular weight excluding hydrogens is 218 g/mol. The summed E-state index contributed by atoms with van der Waals surface area (Å²) < 4.78 is 7.14. The number of carbonyl (C=O) groups is 1. The highest BCUT2D eigenvalue weighted by Gasteiger charge is 2.14. The normalized spacial score (nSPS) is 20.1. The molecule has 1 aliphatic heterocycles. The first kappa shape index (κ1) is 12.1. The maximum atomic E-state index is 11.6. The van der Waals surface area contributed by atoms with Gasteiger partial charge in [-0.1, -0.05) is 0 Å². The summed E-state index contributed by atoms with van der Waals surface area (Å²) in [6.07, 6.45) is 6.32. The van der Waals surface area contributed by atoms with Crippen LogP contribution in [0.1, 0.15) is 19.3 Å². The Morgan fingerprint density at radius 1 is 1.59 bits per heavy atom. The minimum Gasteiger partial charge on any atom is -0.381 e. The molecule has 17 heavy (non-hydrogen) atoms. The van der Waals surface area contributed by atoms with Crippen LogP contribution in [0.15, 0.2) is 18.5 Å². The third kappa shape index (κ3) is 4.19. The van der Waals surface area contributed by atoms with Gasteiger partial charge in [0.2, 0.25) is 5.91 Å². The number of ether oxygens (including phenoxy) is 1. The summed E-state index contributed by atoms with van der Waals surface area (Å²) in [4.78, 5) is 11.6. The first-order valence-corrected chi connectivity index (χ1v) is 6.16. The third-order valence-electron chi connectivity index (χ3n) is 2.97. The van der Waals surface area contributed by atoms with Crippen molar-refractivity contribution in [3.63, 3.8) is 0 Å². The van der Waals surface area contributed by atoms with Gasteiger partial charge < -0.3 is 10.1 Å². The van der Waals surface area contributed by atoms with Crippen molar-refractivity contribution in [2.45, 2.75) is 25.8 Å². The Hall–Kier alpha value is -1.36. The summed E-state index contributed by atoms with van der Waals surface area (Å²) in [6, 6.07) is 1.86. The van der Waals surface area contributed by atoms with Crippen LogP contribution in [0.3, 0.4) is 0 Å². The SMILES string of the molecule is O=C(CCn1cccn1)NC[C@@H]1CCCOC1. The van der Waals surface area contributed by atoms with E-state index in [4.69, 9.17) is 4.74 Å². The molecule has 1 amide bonds. The van der Waals surface area contributed by atoms with E-state index >= 15 is 0 Å². The molecule has 1 aliphatic rings. The molecular formula is C12H19N3O2. The second-order valence-electron chi connectivity index (χ2n) is 4.41. The van der Waals surface area contributed by atoms with Gasteiger partial charge in [-0.2, -0.15) is 5.10 Å². The molecule has 0 spiro atoms. The minimum atomic E-state index is 0.0890. The van der Waals surface area contributed by atoms with E-state index in [1.807, 2.05) is 12.3 Å². The number of aromatic nitrogens is 2. The lowest BCUT2D eigenvalue weighted by molar-refractivity contribution is -0.121. The molecule has 1 N–H and O–H groups in total. The van der Waals surface area contributed by atoms with Crippen LogP contribution in [0.5, 0.6) is 0 Å². The predicted molar refractivity (Wildman–Crippen MR) is 63.4 cm³/mol. The van der Waals surface area contributed by atoms with Crippen molar-refractivity contribution in [1.29, 1.82) is 0 Å². The van der Waals surface area contributed by atoms with Crippen LogP contribution in [0.2, 0.25) is 0 Å². The number of aryl methyl sites for hydroxylation is 1. The van der Waals surface area contributed by atoms with Gasteiger partial charge in [0.1, 0.15) is 0 Å². The van der Waals surface area contributed by atoms with Crippen molar-refractivity contribution in [3.8, 4) is 0 Å². The van der Waals surface area contributed by atoms with Crippen LogP contribution in [0.4, 0.5) is 0 Å². The quantitative estimate of drug-likeness (QED) is 0.824. The summed E-state index contributed by atoms with van der Waals surface area (Å²) in [5.41, 5.74) is 0. The van der Waals surface area contributed by atoms with Crippen LogP contribution in [0.25, 0.3) is 0 Å². The van der Waals surface area contributed by atoms with Gasteiger partial charge in [-0.15, -0.1) is 0 Å². The Morgan fingerprint density at radius 2 is 2.53 bits per heavy atom. The first-order chi connectivity index (χ1) is 8.34. The van der Waals surface area contributed by atoms with Gasteiger partial charge in [-0.05, 0) is 24.8 Å². The van der Waals surface area contributed by atoms with Crippen LogP contribution < -0.4 is 5.32 Å². The van der Waals surface area contributed by atoms with Crippen molar-refractivity contribution in [2.75, 3.05) is 19.8 Å². The zero-order valence-electron chi connectivity index (χ0n) is 9.97. The van der Waals surface area contributed by atoms with Crippen LogP contribution in [0, 0.1) is 5.92 Å². The van der Waals surface area contributed by atoms with Gasteiger partial charge >= 0.3 is 0 Å². The molecule has 1 atom stereocenters. The Morgan fingerprint density at radius 3 is 3.24 bits per heavy atom. The Labute approximate surface area is 101 Å². The number of hydrogen-bond acceptors (Lipinski definition) is 3. The van der Waals surface area contributed by atoms with E-state index in [1.165, 1.54) is 0 Å². The smallest absolute Gasteiger partial charge is 0.221 e. The zero-order valence-corrected chi connectivity index (χ0v) is 9.97. The van der Waals surface area contributed by atoms with Crippen molar-refractivity contribution >= 4 is 5.91 Å². The number of nitrogens with one attached hydrogen (secondary N) is 1. The monoisotopic (exact) mass is 237 g/mol. The number of nitrogens with zero attached hydrogens (tertiary/aromatic N) is 2. The van der Waals surface area contributed by atoms with E-state index in [-0.39, 0.29) is 5.91 Å². The van der Waals surface area contributed by atoms with Gasteiger partial charge in [0, 0.05) is 38.5 Å². The second-order valence-corrected chi connectivity index (χ2v) is 4.41. The third-order valence-corrected chi connectivity index (χ3v) is 2.97. The average Bonchev–Trinajstić information content (AvgIpc) is 2.88. The highest BCUT2D eigenvalue weighted by atomic mass is 16.5. The molecule has 5 heteroatoms. The molecule has 0 aromatic carbocycles. The van der Waals surface area contributed by atoms with E-state index in [0.717, 1.165) is 32.6 Å². The Balaban J connectivity index is 1.60. The van der Waals surface area contributed by atoms with Crippen molar-refractivity contribution in [2.24, 2.45) is 5.92 Å². The summed E-state index contributed by atoms with van der Waals surface area (Å²) in [7, 11) is 0. The van der Waals surface area contributed by atoms with Gasteiger partial charge in [0.15, 0.2) is 0 Å². The predicted octanol–water partition coefficient (Wildman–Crippen LogP) is 0.816. The molecule has 0 unspecified atom stereocenters. The lowest BCUT2D eigenvalue weighted by Crippen LogP contribution is -2.33.